The molecule has 1 fully saturated rings. The van der Waals surface area contributed by atoms with Crippen LogP contribution in [-0.2, 0) is 54.9 Å². The van der Waals surface area contributed by atoms with Gasteiger partial charge in [0.05, 0.1) is 51.3 Å². The minimum atomic E-state index is -0.938. The fraction of sp³-hybridized carbons (Fsp3) is 0.609. The van der Waals surface area contributed by atoms with Crippen LogP contribution in [-0.4, -0.2) is 60.3 Å². The third-order valence-corrected chi connectivity index (χ3v) is 15.3. The molecular weight excluding hydrogens is 955 g/mol. The lowest BCUT2D eigenvalue weighted by atomic mass is 9.89. The van der Waals surface area contributed by atoms with E-state index in [0.29, 0.717) is 32.8 Å². The Balaban J connectivity index is 1.17. The van der Waals surface area contributed by atoms with Crippen molar-refractivity contribution in [3.05, 3.63) is 156 Å². The molecule has 5 rings (SSSR count). The topological polar surface area (TPSA) is 95.5 Å². The Labute approximate surface area is 467 Å². The van der Waals surface area contributed by atoms with Crippen LogP contribution in [0.4, 0.5) is 0 Å². The van der Waals surface area contributed by atoms with E-state index in [4.69, 9.17) is 23.7 Å². The number of unbranched alkanes of at least 4 members (excludes halogenated alkanes) is 24. The number of aliphatic hydroxyl groups is 1. The van der Waals surface area contributed by atoms with Gasteiger partial charge < -0.3 is 34.1 Å². The van der Waals surface area contributed by atoms with Crippen molar-refractivity contribution in [1.29, 1.82) is 0 Å². The van der Waals surface area contributed by atoms with Crippen LogP contribution in [0.25, 0.3) is 0 Å². The van der Waals surface area contributed by atoms with Gasteiger partial charge in [0.15, 0.2) is 0 Å². The molecule has 2 N–H and O–H groups in total. The van der Waals surface area contributed by atoms with Crippen molar-refractivity contribution < 1.29 is 33.6 Å². The Bertz CT molecular complexity index is 2020. The molecule has 0 aliphatic carbocycles. The number of allylic oxidation sites excluding steroid dienone is 1. The zero-order valence-electron chi connectivity index (χ0n) is 48.0. The van der Waals surface area contributed by atoms with Gasteiger partial charge in [0.1, 0.15) is 24.4 Å². The minimum absolute atomic E-state index is 0.0548. The number of nitrogens with one attached hydrogen (secondary N) is 1. The molecule has 4 aromatic carbocycles. The first kappa shape index (κ1) is 63.7. The molecule has 8 nitrogen and oxygen atoms in total. The summed E-state index contributed by atoms with van der Waals surface area (Å²) in [6, 6.07) is 40.0. The van der Waals surface area contributed by atoms with Crippen LogP contribution in [0.1, 0.15) is 216 Å². The second-order valence-electron chi connectivity index (χ2n) is 22.0. The van der Waals surface area contributed by atoms with Crippen molar-refractivity contribution >= 4 is 5.91 Å². The van der Waals surface area contributed by atoms with Gasteiger partial charge in [0.2, 0.25) is 5.91 Å². The van der Waals surface area contributed by atoms with E-state index in [-0.39, 0.29) is 18.9 Å². The number of benzene rings is 4. The van der Waals surface area contributed by atoms with Crippen LogP contribution < -0.4 is 5.32 Å². The van der Waals surface area contributed by atoms with Gasteiger partial charge in [-0.05, 0) is 41.5 Å². The van der Waals surface area contributed by atoms with Crippen LogP contribution in [0.15, 0.2) is 133 Å². The summed E-state index contributed by atoms with van der Waals surface area (Å²) in [5, 5.41) is 15.3. The summed E-state index contributed by atoms with van der Waals surface area (Å²) in [4.78, 5) is 13.9. The first-order valence-corrected chi connectivity index (χ1v) is 30.9. The molecule has 1 aliphatic heterocycles. The highest BCUT2D eigenvalue weighted by Gasteiger charge is 2.49. The number of aliphatic hydroxyl groups excluding tert-OH is 1. The first-order valence-electron chi connectivity index (χ1n) is 30.9. The second kappa shape index (κ2) is 41.8. The predicted molar refractivity (Wildman–Crippen MR) is 318 cm³/mol. The molecule has 77 heavy (non-hydrogen) atoms. The Hall–Kier alpha value is -4.15. The van der Waals surface area contributed by atoms with Crippen molar-refractivity contribution in [2.75, 3.05) is 6.61 Å². The lowest BCUT2D eigenvalue weighted by Gasteiger charge is -2.47. The fourth-order valence-corrected chi connectivity index (χ4v) is 10.7. The molecule has 7 atom stereocenters. The summed E-state index contributed by atoms with van der Waals surface area (Å²) >= 11 is 0. The maximum Gasteiger partial charge on any atom is 0.220 e. The number of amides is 1. The maximum atomic E-state index is 13.9. The lowest BCUT2D eigenvalue weighted by Crippen LogP contribution is -2.62. The van der Waals surface area contributed by atoms with Gasteiger partial charge in [-0.2, -0.15) is 0 Å². The number of carbonyl (C=O) groups excluding carboxylic acids is 1. The Kier molecular flexibility index (Phi) is 34.6. The molecule has 0 unspecified atom stereocenters. The highest BCUT2D eigenvalue weighted by Crippen LogP contribution is 2.34. The van der Waals surface area contributed by atoms with E-state index in [0.717, 1.165) is 60.8 Å². The van der Waals surface area contributed by atoms with Gasteiger partial charge in [-0.3, -0.25) is 4.79 Å². The molecule has 0 aromatic heterocycles. The molecule has 0 spiro atoms. The maximum absolute atomic E-state index is 13.9. The number of ether oxygens (including phenoxy) is 5. The van der Waals surface area contributed by atoms with Gasteiger partial charge in [-0.15, -0.1) is 0 Å². The van der Waals surface area contributed by atoms with Crippen molar-refractivity contribution in [1.82, 2.24) is 5.32 Å². The largest absolute Gasteiger partial charge is 0.387 e. The molecule has 0 radical (unpaired) electrons. The van der Waals surface area contributed by atoms with E-state index in [1.54, 1.807) is 0 Å². The molecule has 1 aliphatic rings. The monoisotopic (exact) mass is 1060 g/mol. The Morgan fingerprint density at radius 3 is 1.26 bits per heavy atom. The smallest absolute Gasteiger partial charge is 0.220 e. The van der Waals surface area contributed by atoms with E-state index >= 15 is 0 Å². The van der Waals surface area contributed by atoms with Crippen LogP contribution in [0, 0.1) is 0 Å². The number of hydrogen-bond donors (Lipinski definition) is 2. The van der Waals surface area contributed by atoms with Crippen LogP contribution >= 0.6 is 0 Å². The van der Waals surface area contributed by atoms with E-state index in [1.807, 2.05) is 84.9 Å². The van der Waals surface area contributed by atoms with Crippen molar-refractivity contribution in [3.63, 3.8) is 0 Å². The second-order valence-corrected chi connectivity index (χ2v) is 22.0. The SMILES string of the molecule is CCCCC=C[C@@H](O)[C@H](C[C@@H]1O[C@H](COCc2ccccc2)[C@H](OCc2ccccc2)[C@H](OCc2ccccc2)[C@H]1OCc1ccccc1)NC(=O)CCCCCCCCCCCCCCCCCCCCCCCCC. The molecule has 8 heteroatoms. The Morgan fingerprint density at radius 2 is 0.844 bits per heavy atom. The first-order chi connectivity index (χ1) is 38.0. The molecule has 0 bridgehead atoms. The zero-order valence-corrected chi connectivity index (χ0v) is 48.0. The van der Waals surface area contributed by atoms with Crippen molar-refractivity contribution in [2.24, 2.45) is 0 Å². The van der Waals surface area contributed by atoms with Gasteiger partial charge in [-0.25, -0.2) is 0 Å². The number of hydrogen-bond acceptors (Lipinski definition) is 7. The average molecular weight is 1060 g/mol. The summed E-state index contributed by atoms with van der Waals surface area (Å²) in [5.74, 6) is -0.0548. The summed E-state index contributed by atoms with van der Waals surface area (Å²) < 4.78 is 34.6. The van der Waals surface area contributed by atoms with E-state index in [2.05, 4.69) is 67.7 Å². The standard InChI is InChI=1S/C69H103NO7/c1-3-5-7-9-10-11-12-13-14-15-16-17-18-19-20-21-22-23-24-25-26-27-41-51-66(72)70-62(63(71)50-40-8-6-4-2)52-64-67(74-54-59-44-34-29-35-45-59)69(76-56-61-48-38-31-39-49-61)68(75-55-60-46-36-30-37-47-60)65(77-64)57-73-53-58-42-32-28-33-43-58/h28-40,42-50,62-65,67-69,71H,3-27,41,51-57H2,1-2H3,(H,70,72)/t62-,63+,64-,65+,67-,68-,69+/m0/s1. The third-order valence-electron chi connectivity index (χ3n) is 15.3. The van der Waals surface area contributed by atoms with Crippen LogP contribution in [0.2, 0.25) is 0 Å². The highest BCUT2D eigenvalue weighted by atomic mass is 16.6. The number of carbonyl (C=O) groups is 1. The molecule has 0 saturated carbocycles. The summed E-state index contributed by atoms with van der Waals surface area (Å²) in [6.45, 7) is 6.08. The van der Waals surface area contributed by atoms with Crippen LogP contribution in [0.5, 0.6) is 0 Å². The minimum Gasteiger partial charge on any atom is -0.387 e. The third kappa shape index (κ3) is 28.0. The lowest BCUT2D eigenvalue weighted by molar-refractivity contribution is -0.274. The van der Waals surface area contributed by atoms with E-state index in [1.165, 1.54) is 128 Å². The van der Waals surface area contributed by atoms with Crippen molar-refractivity contribution in [2.45, 2.75) is 263 Å². The molecule has 426 valence electrons. The zero-order chi connectivity index (χ0) is 54.1. The summed E-state index contributed by atoms with van der Waals surface area (Å²) in [6.07, 6.45) is 34.3. The highest BCUT2D eigenvalue weighted by molar-refractivity contribution is 5.76. The van der Waals surface area contributed by atoms with Crippen molar-refractivity contribution in [3.8, 4) is 0 Å². The van der Waals surface area contributed by atoms with Gasteiger partial charge in [-0.1, -0.05) is 301 Å². The van der Waals surface area contributed by atoms with Gasteiger partial charge >= 0.3 is 0 Å². The Morgan fingerprint density at radius 1 is 0.481 bits per heavy atom. The molecule has 1 amide bonds. The average Bonchev–Trinajstić information content (AvgIpc) is 3.46. The number of rotatable bonds is 45. The normalized spacial score (nSPS) is 18.4. The molecule has 1 saturated heterocycles. The fourth-order valence-electron chi connectivity index (χ4n) is 10.7. The van der Waals surface area contributed by atoms with Crippen LogP contribution in [0.3, 0.4) is 0 Å². The quantitative estimate of drug-likeness (QED) is 0.0336. The molecule has 4 aromatic rings. The van der Waals surface area contributed by atoms with Gasteiger partial charge in [0, 0.05) is 6.42 Å². The van der Waals surface area contributed by atoms with Gasteiger partial charge in [0.25, 0.3) is 0 Å². The van der Waals surface area contributed by atoms with E-state index < -0.39 is 42.7 Å². The van der Waals surface area contributed by atoms with E-state index in [9.17, 15) is 9.90 Å². The summed E-state index contributed by atoms with van der Waals surface area (Å²) in [7, 11) is 0. The summed E-state index contributed by atoms with van der Waals surface area (Å²) in [5.41, 5.74) is 4.13. The predicted octanol–water partition coefficient (Wildman–Crippen LogP) is 17.1. The molecular formula is C69H103NO7. The molecule has 1 heterocycles.